The Labute approximate surface area is 151 Å². The summed E-state index contributed by atoms with van der Waals surface area (Å²) in [5, 5.41) is 2.53. The molecule has 1 heterocycles. The molecule has 1 aliphatic heterocycles. The predicted octanol–water partition coefficient (Wildman–Crippen LogP) is 1.83. The summed E-state index contributed by atoms with van der Waals surface area (Å²) in [6.07, 6.45) is 2.47. The van der Waals surface area contributed by atoms with Crippen LogP contribution in [-0.2, 0) is 9.53 Å². The maximum atomic E-state index is 12.5. The van der Waals surface area contributed by atoms with Gasteiger partial charge in [-0.3, -0.25) is 9.69 Å². The maximum absolute atomic E-state index is 12.5. The van der Waals surface area contributed by atoms with Crippen molar-refractivity contribution in [2.24, 2.45) is 0 Å². The van der Waals surface area contributed by atoms with Crippen LogP contribution in [0.1, 0.15) is 29.8 Å². The van der Waals surface area contributed by atoms with Gasteiger partial charge in [0.25, 0.3) is 5.91 Å². The van der Waals surface area contributed by atoms with E-state index < -0.39 is 24.0 Å². The molecule has 3 amide bonds. The van der Waals surface area contributed by atoms with E-state index in [0.29, 0.717) is 23.6 Å². The third-order valence-corrected chi connectivity index (χ3v) is 3.84. The zero-order chi connectivity index (χ0) is 19.3. The lowest BCUT2D eigenvalue weighted by molar-refractivity contribution is -0.136. The van der Waals surface area contributed by atoms with Gasteiger partial charge in [0.1, 0.15) is 0 Å². The second-order valence-electron chi connectivity index (χ2n) is 5.57. The fraction of sp³-hybridized carbons (Fsp3) is 0.389. The molecule has 1 unspecified atom stereocenters. The lowest BCUT2D eigenvalue weighted by Gasteiger charge is -2.19. The van der Waals surface area contributed by atoms with E-state index in [9.17, 15) is 14.4 Å². The summed E-state index contributed by atoms with van der Waals surface area (Å²) in [6.45, 7) is 3.90. The van der Waals surface area contributed by atoms with E-state index in [1.54, 1.807) is 18.2 Å². The second kappa shape index (κ2) is 8.37. The quantitative estimate of drug-likeness (QED) is 0.776. The van der Waals surface area contributed by atoms with Gasteiger partial charge in [0, 0.05) is 18.7 Å². The standard InChI is InChI=1S/C18H22N2O6/c1-5-6-12-9-13(10-14(24-3)15(12)25-4)17(22)26-11(2)16(21)20-8-7-19-18(20)23/h5-6,9-11H,7-8H2,1-4H3,(H,19,23)/b6-5+. The van der Waals surface area contributed by atoms with Gasteiger partial charge in [-0.15, -0.1) is 0 Å². The van der Waals surface area contributed by atoms with Crippen molar-refractivity contribution in [1.29, 1.82) is 0 Å². The minimum atomic E-state index is -1.09. The number of urea groups is 1. The molecule has 0 spiro atoms. The summed E-state index contributed by atoms with van der Waals surface area (Å²) in [5.41, 5.74) is 0.848. The molecule has 1 atom stereocenters. The SMILES string of the molecule is C/C=C/c1cc(C(=O)OC(C)C(=O)N2CCNC2=O)cc(OC)c1OC. The molecule has 26 heavy (non-hydrogen) atoms. The number of allylic oxidation sites excluding steroid dienone is 1. The molecule has 0 aliphatic carbocycles. The van der Waals surface area contributed by atoms with Gasteiger partial charge in [-0.05, 0) is 26.0 Å². The molecule has 1 aromatic carbocycles. The highest BCUT2D eigenvalue weighted by molar-refractivity contribution is 5.99. The average molecular weight is 362 g/mol. The van der Waals surface area contributed by atoms with Crippen molar-refractivity contribution >= 4 is 24.0 Å². The molecule has 1 saturated heterocycles. The van der Waals surface area contributed by atoms with Crippen molar-refractivity contribution in [3.05, 3.63) is 29.3 Å². The summed E-state index contributed by atoms with van der Waals surface area (Å²) in [6, 6.07) is 2.58. The first-order chi connectivity index (χ1) is 12.4. The van der Waals surface area contributed by atoms with Gasteiger partial charge in [-0.2, -0.15) is 0 Å². The van der Waals surface area contributed by atoms with E-state index in [-0.39, 0.29) is 12.1 Å². The molecule has 0 saturated carbocycles. The average Bonchev–Trinajstić information content (AvgIpc) is 3.06. The van der Waals surface area contributed by atoms with Crippen LogP contribution in [-0.4, -0.2) is 56.2 Å². The number of imide groups is 1. The topological polar surface area (TPSA) is 94.2 Å². The van der Waals surface area contributed by atoms with Crippen molar-refractivity contribution in [1.82, 2.24) is 10.2 Å². The van der Waals surface area contributed by atoms with Gasteiger partial charge in [0.15, 0.2) is 17.6 Å². The van der Waals surface area contributed by atoms with E-state index in [4.69, 9.17) is 14.2 Å². The largest absolute Gasteiger partial charge is 0.493 e. The number of nitrogens with zero attached hydrogens (tertiary/aromatic N) is 1. The molecule has 2 rings (SSSR count). The third kappa shape index (κ3) is 3.96. The summed E-state index contributed by atoms with van der Waals surface area (Å²) in [4.78, 5) is 37.3. The number of ether oxygens (including phenoxy) is 3. The minimum absolute atomic E-state index is 0.210. The summed E-state index contributed by atoms with van der Waals surface area (Å²) in [5.74, 6) is -0.410. The molecule has 1 aromatic rings. The van der Waals surface area contributed by atoms with E-state index in [1.165, 1.54) is 27.2 Å². The van der Waals surface area contributed by atoms with Crippen molar-refractivity contribution < 1.29 is 28.6 Å². The number of hydrogen-bond donors (Lipinski definition) is 1. The van der Waals surface area contributed by atoms with E-state index in [0.717, 1.165) is 4.90 Å². The van der Waals surface area contributed by atoms with Crippen molar-refractivity contribution in [2.75, 3.05) is 27.3 Å². The smallest absolute Gasteiger partial charge is 0.339 e. The molecule has 0 bridgehead atoms. The summed E-state index contributed by atoms with van der Waals surface area (Å²) >= 11 is 0. The Morgan fingerprint density at radius 2 is 2.00 bits per heavy atom. The highest BCUT2D eigenvalue weighted by Crippen LogP contribution is 2.34. The van der Waals surface area contributed by atoms with Gasteiger partial charge < -0.3 is 19.5 Å². The molecular weight excluding hydrogens is 340 g/mol. The lowest BCUT2D eigenvalue weighted by atomic mass is 10.1. The number of hydrogen-bond acceptors (Lipinski definition) is 6. The number of rotatable bonds is 6. The molecule has 1 fully saturated rings. The lowest BCUT2D eigenvalue weighted by Crippen LogP contribution is -2.41. The fourth-order valence-electron chi connectivity index (χ4n) is 2.60. The zero-order valence-electron chi connectivity index (χ0n) is 15.2. The van der Waals surface area contributed by atoms with E-state index in [1.807, 2.05) is 6.92 Å². The summed E-state index contributed by atoms with van der Waals surface area (Å²) < 4.78 is 15.8. The van der Waals surface area contributed by atoms with Crippen LogP contribution >= 0.6 is 0 Å². The Morgan fingerprint density at radius 1 is 1.27 bits per heavy atom. The molecule has 1 aliphatic rings. The Hall–Kier alpha value is -3.03. The Kier molecular flexibility index (Phi) is 6.21. The molecule has 140 valence electrons. The van der Waals surface area contributed by atoms with Gasteiger partial charge in [-0.1, -0.05) is 12.2 Å². The highest BCUT2D eigenvalue weighted by Gasteiger charge is 2.32. The second-order valence-corrected chi connectivity index (χ2v) is 5.57. The summed E-state index contributed by atoms with van der Waals surface area (Å²) in [7, 11) is 2.97. The van der Waals surface area contributed by atoms with Crippen LogP contribution in [0.15, 0.2) is 18.2 Å². The van der Waals surface area contributed by atoms with Crippen LogP contribution in [0, 0.1) is 0 Å². The van der Waals surface area contributed by atoms with Crippen LogP contribution < -0.4 is 14.8 Å². The number of benzene rings is 1. The first kappa shape index (κ1) is 19.3. The van der Waals surface area contributed by atoms with Crippen molar-refractivity contribution in [2.45, 2.75) is 20.0 Å². The van der Waals surface area contributed by atoms with Crippen LogP contribution in [0.4, 0.5) is 4.79 Å². The third-order valence-electron chi connectivity index (χ3n) is 3.84. The predicted molar refractivity (Wildman–Crippen MR) is 94.2 cm³/mol. The minimum Gasteiger partial charge on any atom is -0.493 e. The molecule has 0 aromatic heterocycles. The van der Waals surface area contributed by atoms with Crippen LogP contribution in [0.2, 0.25) is 0 Å². The number of carbonyl (C=O) groups is 3. The number of nitrogens with one attached hydrogen (secondary N) is 1. The van der Waals surface area contributed by atoms with Gasteiger partial charge >= 0.3 is 12.0 Å². The van der Waals surface area contributed by atoms with Crippen molar-refractivity contribution in [3.8, 4) is 11.5 Å². The number of esters is 1. The fourth-order valence-corrected chi connectivity index (χ4v) is 2.60. The highest BCUT2D eigenvalue weighted by atomic mass is 16.5. The van der Waals surface area contributed by atoms with Crippen LogP contribution in [0.5, 0.6) is 11.5 Å². The first-order valence-electron chi connectivity index (χ1n) is 8.11. The Bertz CT molecular complexity index is 743. The van der Waals surface area contributed by atoms with Gasteiger partial charge in [0.2, 0.25) is 0 Å². The molecule has 0 radical (unpaired) electrons. The van der Waals surface area contributed by atoms with Crippen molar-refractivity contribution in [3.63, 3.8) is 0 Å². The van der Waals surface area contributed by atoms with Gasteiger partial charge in [-0.25, -0.2) is 9.59 Å². The first-order valence-corrected chi connectivity index (χ1v) is 8.11. The Morgan fingerprint density at radius 3 is 2.54 bits per heavy atom. The van der Waals surface area contributed by atoms with Crippen LogP contribution in [0.25, 0.3) is 6.08 Å². The van der Waals surface area contributed by atoms with E-state index in [2.05, 4.69) is 5.32 Å². The zero-order valence-corrected chi connectivity index (χ0v) is 15.2. The van der Waals surface area contributed by atoms with Crippen LogP contribution in [0.3, 0.4) is 0 Å². The normalized spacial score (nSPS) is 14.9. The number of methoxy groups -OCH3 is 2. The Balaban J connectivity index is 2.22. The maximum Gasteiger partial charge on any atom is 0.339 e. The molecular formula is C18H22N2O6. The van der Waals surface area contributed by atoms with Gasteiger partial charge in [0.05, 0.1) is 19.8 Å². The molecule has 1 N–H and O–H groups in total. The number of amides is 3. The molecule has 8 nitrogen and oxygen atoms in total. The monoisotopic (exact) mass is 362 g/mol. The number of carbonyl (C=O) groups excluding carboxylic acids is 3. The molecule has 8 heteroatoms. The van der Waals surface area contributed by atoms with E-state index >= 15 is 0 Å².